The van der Waals surface area contributed by atoms with E-state index in [1.54, 1.807) is 0 Å². The molecule has 2 heterocycles. The quantitative estimate of drug-likeness (QED) is 0.879. The summed E-state index contributed by atoms with van der Waals surface area (Å²) in [5.74, 6) is 0.902. The first-order valence-corrected chi connectivity index (χ1v) is 8.19. The highest BCUT2D eigenvalue weighted by Gasteiger charge is 2.31. The zero-order valence-corrected chi connectivity index (χ0v) is 12.1. The number of thiophene rings is 1. The van der Waals surface area contributed by atoms with Crippen molar-refractivity contribution in [3.63, 3.8) is 0 Å². The highest BCUT2D eigenvalue weighted by atomic mass is 32.1. The maximum absolute atomic E-state index is 3.70. The summed E-state index contributed by atoms with van der Waals surface area (Å²) in [5, 5.41) is 5.90. The van der Waals surface area contributed by atoms with Gasteiger partial charge in [0.15, 0.2) is 0 Å². The van der Waals surface area contributed by atoms with Crippen molar-refractivity contribution in [3.05, 3.63) is 22.4 Å². The second-order valence-corrected chi connectivity index (χ2v) is 7.05. The summed E-state index contributed by atoms with van der Waals surface area (Å²) in [6.07, 6.45) is 5.53. The summed E-state index contributed by atoms with van der Waals surface area (Å²) in [6.45, 7) is 6.01. The third kappa shape index (κ3) is 3.34. The molecule has 1 aromatic heterocycles. The van der Waals surface area contributed by atoms with Gasteiger partial charge >= 0.3 is 0 Å². The number of piperidine rings is 1. The Hall–Kier alpha value is -0.380. The predicted octanol–water partition coefficient (Wildman–Crippen LogP) is 3.10. The molecule has 1 aromatic rings. The van der Waals surface area contributed by atoms with Crippen molar-refractivity contribution in [2.24, 2.45) is 5.92 Å². The molecule has 1 aliphatic carbocycles. The zero-order chi connectivity index (χ0) is 12.4. The van der Waals surface area contributed by atoms with Gasteiger partial charge in [-0.05, 0) is 49.6 Å². The average molecular weight is 264 g/mol. The fourth-order valence-corrected chi connectivity index (χ4v) is 3.76. The largest absolute Gasteiger partial charge is 0.313 e. The Kier molecular flexibility index (Phi) is 4.02. The molecule has 0 radical (unpaired) electrons. The smallest absolute Gasteiger partial charge is 0.0331 e. The Morgan fingerprint density at radius 1 is 1.39 bits per heavy atom. The predicted molar refractivity (Wildman–Crippen MR) is 77.9 cm³/mol. The Labute approximate surface area is 114 Å². The minimum absolute atomic E-state index is 0.717. The van der Waals surface area contributed by atoms with Crippen LogP contribution in [0.25, 0.3) is 0 Å². The van der Waals surface area contributed by atoms with E-state index >= 15 is 0 Å². The van der Waals surface area contributed by atoms with Gasteiger partial charge < -0.3 is 5.32 Å². The number of hydrogen-bond acceptors (Lipinski definition) is 3. The number of nitrogens with one attached hydrogen (secondary N) is 1. The molecule has 2 unspecified atom stereocenters. The lowest BCUT2D eigenvalue weighted by Gasteiger charge is -2.33. The number of hydrogen-bond donors (Lipinski definition) is 1. The van der Waals surface area contributed by atoms with Gasteiger partial charge in [0.25, 0.3) is 0 Å². The summed E-state index contributed by atoms with van der Waals surface area (Å²) in [7, 11) is 0. The van der Waals surface area contributed by atoms with E-state index in [9.17, 15) is 0 Å². The molecule has 18 heavy (non-hydrogen) atoms. The van der Waals surface area contributed by atoms with E-state index in [1.807, 2.05) is 11.3 Å². The van der Waals surface area contributed by atoms with Gasteiger partial charge in [0.1, 0.15) is 0 Å². The Morgan fingerprint density at radius 2 is 2.28 bits per heavy atom. The molecule has 3 heteroatoms. The zero-order valence-electron chi connectivity index (χ0n) is 11.3. The van der Waals surface area contributed by atoms with Gasteiger partial charge in [-0.2, -0.15) is 0 Å². The normalized spacial score (nSPS) is 28.8. The van der Waals surface area contributed by atoms with Crippen molar-refractivity contribution in [3.8, 4) is 0 Å². The molecular weight excluding hydrogens is 240 g/mol. The van der Waals surface area contributed by atoms with Gasteiger partial charge in [-0.15, -0.1) is 11.3 Å². The minimum atomic E-state index is 0.717. The van der Waals surface area contributed by atoms with Gasteiger partial charge in [0.05, 0.1) is 0 Å². The Balaban J connectivity index is 1.56. The first-order chi connectivity index (χ1) is 8.81. The molecule has 1 N–H and O–H groups in total. The maximum atomic E-state index is 3.70. The van der Waals surface area contributed by atoms with Crippen molar-refractivity contribution < 1.29 is 0 Å². The second kappa shape index (κ2) is 5.72. The standard InChI is InChI=1S/C15H24N2S/c1-12-6-7-16-13(9-12)10-17(14-4-5-14)11-15-3-2-8-18-15/h2-3,8,12-14,16H,4-7,9-11H2,1H3. The number of rotatable bonds is 5. The Morgan fingerprint density at radius 3 is 2.94 bits per heavy atom. The molecule has 2 fully saturated rings. The molecule has 2 nitrogen and oxygen atoms in total. The molecule has 0 amide bonds. The molecule has 0 aromatic carbocycles. The monoisotopic (exact) mass is 264 g/mol. The van der Waals surface area contributed by atoms with E-state index in [0.717, 1.165) is 18.5 Å². The maximum Gasteiger partial charge on any atom is 0.0331 e. The second-order valence-electron chi connectivity index (χ2n) is 6.02. The summed E-state index contributed by atoms with van der Waals surface area (Å²) in [5.41, 5.74) is 0. The van der Waals surface area contributed by atoms with Crippen LogP contribution in [-0.4, -0.2) is 30.1 Å². The van der Waals surface area contributed by atoms with Crippen LogP contribution in [0.4, 0.5) is 0 Å². The van der Waals surface area contributed by atoms with Gasteiger partial charge in [0.2, 0.25) is 0 Å². The highest BCUT2D eigenvalue weighted by molar-refractivity contribution is 7.09. The molecule has 1 saturated carbocycles. The van der Waals surface area contributed by atoms with Crippen LogP contribution in [0.15, 0.2) is 17.5 Å². The van der Waals surface area contributed by atoms with Crippen LogP contribution in [0.2, 0.25) is 0 Å². The molecule has 2 atom stereocenters. The van der Waals surface area contributed by atoms with E-state index in [0.29, 0.717) is 6.04 Å². The van der Waals surface area contributed by atoms with Crippen LogP contribution in [-0.2, 0) is 6.54 Å². The lowest BCUT2D eigenvalue weighted by atomic mass is 9.94. The average Bonchev–Trinajstić information content (AvgIpc) is 3.08. The van der Waals surface area contributed by atoms with E-state index in [4.69, 9.17) is 0 Å². The molecule has 100 valence electrons. The summed E-state index contributed by atoms with van der Waals surface area (Å²) >= 11 is 1.90. The third-order valence-corrected chi connectivity index (χ3v) is 5.08. The van der Waals surface area contributed by atoms with Crippen molar-refractivity contribution in [1.29, 1.82) is 0 Å². The van der Waals surface area contributed by atoms with Crippen molar-refractivity contribution in [2.45, 2.75) is 51.2 Å². The lowest BCUT2D eigenvalue weighted by molar-refractivity contribution is 0.193. The van der Waals surface area contributed by atoms with Gasteiger partial charge in [-0.1, -0.05) is 13.0 Å². The van der Waals surface area contributed by atoms with Gasteiger partial charge in [-0.3, -0.25) is 4.90 Å². The minimum Gasteiger partial charge on any atom is -0.313 e. The fraction of sp³-hybridized carbons (Fsp3) is 0.733. The third-order valence-electron chi connectivity index (χ3n) is 4.21. The molecule has 1 saturated heterocycles. The molecule has 1 aliphatic heterocycles. The van der Waals surface area contributed by atoms with E-state index < -0.39 is 0 Å². The van der Waals surface area contributed by atoms with Crippen molar-refractivity contribution in [2.75, 3.05) is 13.1 Å². The molecule has 2 aliphatic rings. The topological polar surface area (TPSA) is 15.3 Å². The first-order valence-electron chi connectivity index (χ1n) is 7.31. The van der Waals surface area contributed by atoms with Gasteiger partial charge in [-0.25, -0.2) is 0 Å². The summed E-state index contributed by atoms with van der Waals surface area (Å²) < 4.78 is 0. The fourth-order valence-electron chi connectivity index (χ4n) is 3.03. The van der Waals surface area contributed by atoms with Crippen LogP contribution in [0.3, 0.4) is 0 Å². The molecule has 0 bridgehead atoms. The van der Waals surface area contributed by atoms with E-state index in [-0.39, 0.29) is 0 Å². The molecule has 0 spiro atoms. The SMILES string of the molecule is CC1CCNC(CN(Cc2cccs2)C2CC2)C1. The van der Waals surface area contributed by atoms with Crippen LogP contribution in [0.5, 0.6) is 0 Å². The lowest BCUT2D eigenvalue weighted by Crippen LogP contribution is -2.45. The van der Waals surface area contributed by atoms with E-state index in [1.165, 1.54) is 43.6 Å². The molecular formula is C15H24N2S. The van der Waals surface area contributed by atoms with Crippen LogP contribution < -0.4 is 5.32 Å². The van der Waals surface area contributed by atoms with E-state index in [2.05, 4.69) is 34.7 Å². The first kappa shape index (κ1) is 12.6. The summed E-state index contributed by atoms with van der Waals surface area (Å²) in [4.78, 5) is 4.23. The van der Waals surface area contributed by atoms with Gasteiger partial charge in [0, 0.05) is 30.1 Å². The van der Waals surface area contributed by atoms with Crippen LogP contribution in [0, 0.1) is 5.92 Å². The van der Waals surface area contributed by atoms with Crippen LogP contribution >= 0.6 is 11.3 Å². The van der Waals surface area contributed by atoms with Crippen molar-refractivity contribution >= 4 is 11.3 Å². The highest BCUT2D eigenvalue weighted by Crippen LogP contribution is 2.30. The van der Waals surface area contributed by atoms with Crippen LogP contribution in [0.1, 0.15) is 37.5 Å². The van der Waals surface area contributed by atoms with Crippen molar-refractivity contribution in [1.82, 2.24) is 10.2 Å². The molecule has 3 rings (SSSR count). The number of nitrogens with zero attached hydrogens (tertiary/aromatic N) is 1. The summed E-state index contributed by atoms with van der Waals surface area (Å²) in [6, 6.07) is 6.03. The Bertz CT molecular complexity index is 359.